The van der Waals surface area contributed by atoms with E-state index in [1.165, 1.54) is 5.56 Å². The molecular weight excluding hydrogens is 312 g/mol. The average molecular weight is 331 g/mol. The third-order valence-corrected chi connectivity index (χ3v) is 3.85. The van der Waals surface area contributed by atoms with Gasteiger partial charge in [0.1, 0.15) is 17.5 Å². The lowest BCUT2D eigenvalue weighted by molar-refractivity contribution is 0.199. The largest absolute Gasteiger partial charge is 0.383 e. The number of nitrogens with zero attached hydrogens (tertiary/aromatic N) is 3. The normalized spacial score (nSPS) is 17.0. The van der Waals surface area contributed by atoms with E-state index in [1.54, 1.807) is 5.01 Å². The van der Waals surface area contributed by atoms with Gasteiger partial charge < -0.3 is 10.5 Å². The summed E-state index contributed by atoms with van der Waals surface area (Å²) in [4.78, 5) is 0. The lowest BCUT2D eigenvalue weighted by atomic mass is 9.99. The molecule has 0 unspecified atom stereocenters. The summed E-state index contributed by atoms with van der Waals surface area (Å²) in [7, 11) is 0. The van der Waals surface area contributed by atoms with Gasteiger partial charge in [-0.15, -0.1) is 12.4 Å². The van der Waals surface area contributed by atoms with Gasteiger partial charge in [0.2, 0.25) is 0 Å². The molecular formula is C17H19ClN4O. The van der Waals surface area contributed by atoms with Gasteiger partial charge in [0.15, 0.2) is 0 Å². The van der Waals surface area contributed by atoms with Crippen LogP contribution in [0.3, 0.4) is 0 Å². The molecule has 6 heteroatoms. The topological polar surface area (TPSA) is 74.6 Å². The molecule has 5 nitrogen and oxygen atoms in total. The van der Waals surface area contributed by atoms with E-state index in [1.807, 2.05) is 18.2 Å². The van der Waals surface area contributed by atoms with Gasteiger partial charge in [-0.3, -0.25) is 0 Å². The number of hydrogen-bond donors (Lipinski definition) is 1. The predicted molar refractivity (Wildman–Crippen MR) is 93.4 cm³/mol. The first-order valence-corrected chi connectivity index (χ1v) is 7.28. The highest BCUT2D eigenvalue weighted by atomic mass is 35.5. The molecule has 2 aliphatic heterocycles. The number of nitriles is 1. The van der Waals surface area contributed by atoms with Crippen LogP contribution in [0.1, 0.15) is 25.3 Å². The molecule has 2 heterocycles. The summed E-state index contributed by atoms with van der Waals surface area (Å²) in [6, 6.07) is 10.2. The van der Waals surface area contributed by atoms with Gasteiger partial charge in [0.05, 0.1) is 24.6 Å². The van der Waals surface area contributed by atoms with Crippen molar-refractivity contribution in [2.45, 2.75) is 19.8 Å². The summed E-state index contributed by atoms with van der Waals surface area (Å²) in [5.74, 6) is 0.822. The maximum Gasteiger partial charge on any atom is 0.144 e. The summed E-state index contributed by atoms with van der Waals surface area (Å²) in [6.07, 6.45) is 1.85. The molecule has 0 saturated carbocycles. The van der Waals surface area contributed by atoms with Crippen molar-refractivity contribution in [1.29, 1.82) is 5.26 Å². The SMILES string of the molecule is CC(C)c1ccc(N2N=C3COCC=C3C(C#N)=C2N)cc1.Cl. The smallest absolute Gasteiger partial charge is 0.144 e. The monoisotopic (exact) mass is 330 g/mol. The number of fused-ring (bicyclic) bond motifs is 1. The number of hydrazone groups is 1. The van der Waals surface area contributed by atoms with Crippen molar-refractivity contribution in [2.24, 2.45) is 10.8 Å². The highest BCUT2D eigenvalue weighted by Crippen LogP contribution is 2.29. The fraction of sp³-hybridized carbons (Fsp3) is 0.294. The molecule has 0 bridgehead atoms. The summed E-state index contributed by atoms with van der Waals surface area (Å²) < 4.78 is 5.40. The fourth-order valence-electron chi connectivity index (χ4n) is 2.56. The summed E-state index contributed by atoms with van der Waals surface area (Å²) in [5.41, 5.74) is 10.2. The van der Waals surface area contributed by atoms with Crippen molar-refractivity contribution < 1.29 is 4.74 Å². The molecule has 0 aliphatic carbocycles. The van der Waals surface area contributed by atoms with Gasteiger partial charge in [0, 0.05) is 5.57 Å². The summed E-state index contributed by atoms with van der Waals surface area (Å²) in [5, 5.41) is 15.6. The highest BCUT2D eigenvalue weighted by Gasteiger charge is 2.27. The molecule has 2 N–H and O–H groups in total. The molecule has 0 spiro atoms. The second kappa shape index (κ2) is 6.86. The number of ether oxygens (including phenoxy) is 1. The number of halogens is 1. The second-order valence-electron chi connectivity index (χ2n) is 5.61. The third kappa shape index (κ3) is 3.09. The van der Waals surface area contributed by atoms with Crippen LogP contribution in [0.4, 0.5) is 5.69 Å². The number of allylic oxidation sites excluding steroid dienone is 1. The van der Waals surface area contributed by atoms with E-state index < -0.39 is 0 Å². The van der Waals surface area contributed by atoms with Gasteiger partial charge in [-0.2, -0.15) is 10.4 Å². The van der Waals surface area contributed by atoms with E-state index in [0.29, 0.717) is 30.5 Å². The Kier molecular flexibility index (Phi) is 5.09. The van der Waals surface area contributed by atoms with Crippen LogP contribution in [0.15, 0.2) is 52.4 Å². The van der Waals surface area contributed by atoms with E-state index in [-0.39, 0.29) is 12.4 Å². The van der Waals surface area contributed by atoms with Gasteiger partial charge in [-0.1, -0.05) is 26.0 Å². The van der Waals surface area contributed by atoms with E-state index in [9.17, 15) is 5.26 Å². The van der Waals surface area contributed by atoms with Crippen LogP contribution in [-0.4, -0.2) is 18.9 Å². The molecule has 2 aliphatic rings. The van der Waals surface area contributed by atoms with Crippen LogP contribution in [0, 0.1) is 11.3 Å². The molecule has 0 saturated heterocycles. The second-order valence-corrected chi connectivity index (χ2v) is 5.61. The Labute approximate surface area is 142 Å². The van der Waals surface area contributed by atoms with Crippen LogP contribution in [-0.2, 0) is 4.74 Å². The quantitative estimate of drug-likeness (QED) is 0.904. The Morgan fingerprint density at radius 3 is 2.61 bits per heavy atom. The first-order valence-electron chi connectivity index (χ1n) is 7.28. The molecule has 0 atom stereocenters. The Hall–Kier alpha value is -2.29. The number of nitrogens with two attached hydrogens (primary N) is 1. The Morgan fingerprint density at radius 2 is 2.00 bits per heavy atom. The van der Waals surface area contributed by atoms with Crippen LogP contribution in [0.25, 0.3) is 0 Å². The Morgan fingerprint density at radius 1 is 1.30 bits per heavy atom. The molecule has 0 fully saturated rings. The highest BCUT2D eigenvalue weighted by molar-refractivity contribution is 6.08. The number of anilines is 1. The summed E-state index contributed by atoms with van der Waals surface area (Å²) in [6.45, 7) is 5.17. The first kappa shape index (κ1) is 17.1. The maximum atomic E-state index is 9.43. The molecule has 120 valence electrons. The molecule has 3 rings (SSSR count). The van der Waals surface area contributed by atoms with Crippen molar-refractivity contribution in [1.82, 2.24) is 0 Å². The van der Waals surface area contributed by atoms with Crippen LogP contribution >= 0.6 is 12.4 Å². The number of benzene rings is 1. The summed E-state index contributed by atoms with van der Waals surface area (Å²) >= 11 is 0. The lowest BCUT2D eigenvalue weighted by Gasteiger charge is -2.29. The van der Waals surface area contributed by atoms with E-state index in [0.717, 1.165) is 17.0 Å². The van der Waals surface area contributed by atoms with Crippen LogP contribution in [0.2, 0.25) is 0 Å². The van der Waals surface area contributed by atoms with E-state index in [4.69, 9.17) is 10.5 Å². The zero-order valence-electron chi connectivity index (χ0n) is 13.1. The van der Waals surface area contributed by atoms with Crippen molar-refractivity contribution in [3.8, 4) is 6.07 Å². The molecule has 0 amide bonds. The van der Waals surface area contributed by atoms with Gasteiger partial charge >= 0.3 is 0 Å². The molecule has 0 radical (unpaired) electrons. The van der Waals surface area contributed by atoms with Crippen LogP contribution < -0.4 is 10.7 Å². The molecule has 1 aromatic rings. The minimum Gasteiger partial charge on any atom is -0.383 e. The van der Waals surface area contributed by atoms with Crippen molar-refractivity contribution in [3.63, 3.8) is 0 Å². The molecule has 23 heavy (non-hydrogen) atoms. The zero-order chi connectivity index (χ0) is 15.7. The minimum absolute atomic E-state index is 0. The Balaban J connectivity index is 0.00000192. The standard InChI is InChI=1S/C17H18N4O.ClH/c1-11(2)12-3-5-13(6-4-12)21-17(19)15(9-18)14-7-8-22-10-16(14)20-21;/h3-7,11H,8,10,19H2,1-2H3;1H. The van der Waals surface area contributed by atoms with E-state index in [2.05, 4.69) is 37.2 Å². The maximum absolute atomic E-state index is 9.43. The average Bonchev–Trinajstić information content (AvgIpc) is 2.54. The van der Waals surface area contributed by atoms with Crippen LogP contribution in [0.5, 0.6) is 0 Å². The predicted octanol–water partition coefficient (Wildman–Crippen LogP) is 3.06. The zero-order valence-corrected chi connectivity index (χ0v) is 13.9. The van der Waals surface area contributed by atoms with Crippen molar-refractivity contribution in [3.05, 3.63) is 52.9 Å². The third-order valence-electron chi connectivity index (χ3n) is 3.85. The molecule has 0 aromatic heterocycles. The van der Waals surface area contributed by atoms with E-state index >= 15 is 0 Å². The van der Waals surface area contributed by atoms with Gasteiger partial charge in [0.25, 0.3) is 0 Å². The van der Waals surface area contributed by atoms with Gasteiger partial charge in [-0.25, -0.2) is 5.01 Å². The minimum atomic E-state index is 0. The Bertz CT molecular complexity index is 726. The van der Waals surface area contributed by atoms with Crippen molar-refractivity contribution in [2.75, 3.05) is 18.2 Å². The number of rotatable bonds is 2. The number of hydrogen-bond acceptors (Lipinski definition) is 5. The lowest BCUT2D eigenvalue weighted by Crippen LogP contribution is -2.34. The first-order chi connectivity index (χ1) is 10.6. The molecule has 1 aromatic carbocycles. The fourth-order valence-corrected chi connectivity index (χ4v) is 2.56. The van der Waals surface area contributed by atoms with Gasteiger partial charge in [-0.05, 0) is 29.7 Å². The van der Waals surface area contributed by atoms with Crippen molar-refractivity contribution >= 4 is 23.8 Å².